The molecule has 0 spiro atoms. The highest BCUT2D eigenvalue weighted by Crippen LogP contribution is 2.33. The van der Waals surface area contributed by atoms with Crippen molar-refractivity contribution in [1.82, 2.24) is 15.3 Å². The summed E-state index contributed by atoms with van der Waals surface area (Å²) in [5, 5.41) is 6.11. The van der Waals surface area contributed by atoms with Crippen LogP contribution < -0.4 is 10.6 Å². The number of nitrogens with zero attached hydrogens (tertiary/aromatic N) is 2. The Bertz CT molecular complexity index is 431. The quantitative estimate of drug-likeness (QED) is 0.790. The number of hydrogen-bond donors (Lipinski definition) is 2. The van der Waals surface area contributed by atoms with Gasteiger partial charge in [-0.15, -0.1) is 0 Å². The molecule has 1 unspecified atom stereocenters. The molecule has 2 N–H and O–H groups in total. The van der Waals surface area contributed by atoms with Gasteiger partial charge in [0, 0.05) is 12.6 Å². The normalized spacial score (nSPS) is 15.9. The summed E-state index contributed by atoms with van der Waals surface area (Å²) >= 11 is 0. The minimum Gasteiger partial charge on any atom is -0.369 e. The lowest BCUT2D eigenvalue weighted by molar-refractivity contribution is 0.0932. The van der Waals surface area contributed by atoms with Crippen LogP contribution in [0, 0.1) is 5.92 Å². The molecule has 1 amide bonds. The van der Waals surface area contributed by atoms with E-state index in [9.17, 15) is 4.79 Å². The molecule has 0 bridgehead atoms. The third kappa shape index (κ3) is 4.50. The van der Waals surface area contributed by atoms with E-state index in [1.54, 1.807) is 6.20 Å². The van der Waals surface area contributed by atoms with Gasteiger partial charge in [-0.05, 0) is 25.7 Å². The Kier molecular flexibility index (Phi) is 4.71. The first-order valence-corrected chi connectivity index (χ1v) is 7.05. The monoisotopic (exact) mass is 262 g/mol. The fraction of sp³-hybridized carbons (Fsp3) is 0.643. The van der Waals surface area contributed by atoms with Crippen molar-refractivity contribution in [3.8, 4) is 0 Å². The van der Waals surface area contributed by atoms with Gasteiger partial charge in [-0.2, -0.15) is 0 Å². The summed E-state index contributed by atoms with van der Waals surface area (Å²) in [7, 11) is 0. The molecule has 1 atom stereocenters. The maximum Gasteiger partial charge on any atom is 0.271 e. The molecule has 1 aliphatic carbocycles. The topological polar surface area (TPSA) is 66.9 Å². The SMILES string of the molecule is CCCNc1cncc(C(=O)NC(C)CC2CC2)n1. The number of rotatable bonds is 7. The van der Waals surface area contributed by atoms with Gasteiger partial charge in [0.05, 0.1) is 12.4 Å². The highest BCUT2D eigenvalue weighted by Gasteiger charge is 2.24. The van der Waals surface area contributed by atoms with Gasteiger partial charge in [0.2, 0.25) is 0 Å². The molecule has 104 valence electrons. The number of nitrogens with one attached hydrogen (secondary N) is 2. The zero-order valence-corrected chi connectivity index (χ0v) is 11.6. The van der Waals surface area contributed by atoms with Crippen molar-refractivity contribution >= 4 is 11.7 Å². The molecule has 19 heavy (non-hydrogen) atoms. The molecule has 1 aliphatic rings. The van der Waals surface area contributed by atoms with Crippen molar-refractivity contribution < 1.29 is 4.79 Å². The summed E-state index contributed by atoms with van der Waals surface area (Å²) in [5.74, 6) is 1.32. The molecule has 0 saturated heterocycles. The van der Waals surface area contributed by atoms with E-state index in [0.717, 1.165) is 25.3 Å². The fourth-order valence-electron chi connectivity index (χ4n) is 2.02. The highest BCUT2D eigenvalue weighted by atomic mass is 16.1. The molecular formula is C14H22N4O. The molecule has 1 aromatic heterocycles. The Hall–Kier alpha value is -1.65. The Balaban J connectivity index is 1.89. The molecule has 1 fully saturated rings. The number of carbonyl (C=O) groups excluding carboxylic acids is 1. The molecule has 1 aromatic rings. The molecule has 2 rings (SSSR count). The van der Waals surface area contributed by atoms with E-state index in [-0.39, 0.29) is 11.9 Å². The van der Waals surface area contributed by atoms with Crippen molar-refractivity contribution in [2.24, 2.45) is 5.92 Å². The van der Waals surface area contributed by atoms with Crippen LogP contribution in [0.5, 0.6) is 0 Å². The van der Waals surface area contributed by atoms with Gasteiger partial charge in [0.15, 0.2) is 0 Å². The minimum atomic E-state index is -0.138. The summed E-state index contributed by atoms with van der Waals surface area (Å²) < 4.78 is 0. The van der Waals surface area contributed by atoms with Crippen molar-refractivity contribution in [1.29, 1.82) is 0 Å². The Morgan fingerprint density at radius 2 is 2.26 bits per heavy atom. The molecule has 0 aromatic carbocycles. The van der Waals surface area contributed by atoms with Crippen LogP contribution in [0.4, 0.5) is 5.82 Å². The average molecular weight is 262 g/mol. The van der Waals surface area contributed by atoms with Crippen LogP contribution in [-0.2, 0) is 0 Å². The number of anilines is 1. The Morgan fingerprint density at radius 3 is 2.95 bits per heavy atom. The average Bonchev–Trinajstić information content (AvgIpc) is 3.20. The third-order valence-corrected chi connectivity index (χ3v) is 3.18. The second-order valence-electron chi connectivity index (χ2n) is 5.27. The smallest absolute Gasteiger partial charge is 0.271 e. The summed E-state index contributed by atoms with van der Waals surface area (Å²) in [6.07, 6.45) is 7.83. The van der Waals surface area contributed by atoms with E-state index in [4.69, 9.17) is 0 Å². The van der Waals surface area contributed by atoms with E-state index in [1.807, 2.05) is 6.92 Å². The van der Waals surface area contributed by atoms with Crippen LogP contribution in [0.25, 0.3) is 0 Å². The summed E-state index contributed by atoms with van der Waals surface area (Å²) in [6, 6.07) is 0.203. The third-order valence-electron chi connectivity index (χ3n) is 3.18. The lowest BCUT2D eigenvalue weighted by Gasteiger charge is -2.13. The van der Waals surface area contributed by atoms with Crippen LogP contribution in [0.15, 0.2) is 12.4 Å². The van der Waals surface area contributed by atoms with E-state index < -0.39 is 0 Å². The standard InChI is InChI=1S/C14H22N4O/c1-3-6-16-13-9-15-8-12(18-13)14(19)17-10(2)7-11-4-5-11/h8-11H,3-7H2,1-2H3,(H,16,18)(H,17,19). The zero-order valence-electron chi connectivity index (χ0n) is 11.6. The molecule has 1 heterocycles. The Morgan fingerprint density at radius 1 is 1.47 bits per heavy atom. The van der Waals surface area contributed by atoms with Crippen LogP contribution in [0.3, 0.4) is 0 Å². The van der Waals surface area contributed by atoms with Crippen LogP contribution in [0.2, 0.25) is 0 Å². The lowest BCUT2D eigenvalue weighted by atomic mass is 10.1. The molecule has 0 radical (unpaired) electrons. The predicted octanol–water partition coefficient (Wildman–Crippen LogP) is 2.22. The van der Waals surface area contributed by atoms with E-state index >= 15 is 0 Å². The molecule has 0 aliphatic heterocycles. The number of carbonyl (C=O) groups is 1. The Labute approximate surface area is 114 Å². The first kappa shape index (κ1) is 13.8. The van der Waals surface area contributed by atoms with E-state index in [1.165, 1.54) is 19.0 Å². The highest BCUT2D eigenvalue weighted by molar-refractivity contribution is 5.92. The maximum absolute atomic E-state index is 12.0. The van der Waals surface area contributed by atoms with Gasteiger partial charge in [-0.1, -0.05) is 19.8 Å². The second kappa shape index (κ2) is 6.50. The number of hydrogen-bond acceptors (Lipinski definition) is 4. The van der Waals surface area contributed by atoms with Gasteiger partial charge in [-0.3, -0.25) is 9.78 Å². The summed E-state index contributed by atoms with van der Waals surface area (Å²) in [6.45, 7) is 4.96. The van der Waals surface area contributed by atoms with Gasteiger partial charge in [0.1, 0.15) is 11.5 Å². The first-order chi connectivity index (χ1) is 9.19. The van der Waals surface area contributed by atoms with Crippen molar-refractivity contribution in [3.05, 3.63) is 18.1 Å². The molecule has 5 nitrogen and oxygen atoms in total. The van der Waals surface area contributed by atoms with E-state index in [2.05, 4.69) is 27.5 Å². The lowest BCUT2D eigenvalue weighted by Crippen LogP contribution is -2.33. The molecule has 1 saturated carbocycles. The van der Waals surface area contributed by atoms with Gasteiger partial charge in [-0.25, -0.2) is 4.98 Å². The van der Waals surface area contributed by atoms with Crippen molar-refractivity contribution in [3.63, 3.8) is 0 Å². The first-order valence-electron chi connectivity index (χ1n) is 7.05. The van der Waals surface area contributed by atoms with Gasteiger partial charge in [0.25, 0.3) is 5.91 Å². The van der Waals surface area contributed by atoms with Crippen molar-refractivity contribution in [2.75, 3.05) is 11.9 Å². The maximum atomic E-state index is 12.0. The molecule has 5 heteroatoms. The van der Waals surface area contributed by atoms with Crippen LogP contribution in [0.1, 0.15) is 50.0 Å². The second-order valence-corrected chi connectivity index (χ2v) is 5.27. The predicted molar refractivity (Wildman–Crippen MR) is 75.1 cm³/mol. The van der Waals surface area contributed by atoms with Crippen molar-refractivity contribution in [2.45, 2.75) is 45.6 Å². The van der Waals surface area contributed by atoms with E-state index in [0.29, 0.717) is 11.5 Å². The van der Waals surface area contributed by atoms with Gasteiger partial charge < -0.3 is 10.6 Å². The fourth-order valence-corrected chi connectivity index (χ4v) is 2.02. The number of aromatic nitrogens is 2. The zero-order chi connectivity index (χ0) is 13.7. The van der Waals surface area contributed by atoms with Crippen LogP contribution >= 0.6 is 0 Å². The summed E-state index contributed by atoms with van der Waals surface area (Å²) in [4.78, 5) is 20.4. The largest absolute Gasteiger partial charge is 0.369 e. The number of amides is 1. The van der Waals surface area contributed by atoms with Crippen LogP contribution in [-0.4, -0.2) is 28.5 Å². The van der Waals surface area contributed by atoms with Gasteiger partial charge >= 0.3 is 0 Å². The molecular weight excluding hydrogens is 240 g/mol. The summed E-state index contributed by atoms with van der Waals surface area (Å²) in [5.41, 5.74) is 0.378. The minimum absolute atomic E-state index is 0.138.